The topological polar surface area (TPSA) is 75.6 Å². The highest BCUT2D eigenvalue weighted by Crippen LogP contribution is 2.36. The van der Waals surface area contributed by atoms with Gasteiger partial charge in [-0.15, -0.1) is 0 Å². The van der Waals surface area contributed by atoms with Crippen LogP contribution < -0.4 is 10.1 Å². The third kappa shape index (κ3) is 6.41. The summed E-state index contributed by atoms with van der Waals surface area (Å²) in [5, 5.41) is 13.0. The van der Waals surface area contributed by atoms with Crippen molar-refractivity contribution in [3.8, 4) is 16.9 Å². The number of hydrogen-bond donors (Lipinski definition) is 2. The number of benzene rings is 5. The molecule has 6 rings (SSSR count). The number of aliphatic carboxylic acids is 1. The molecular weight excluding hydrogens is 534 g/mol. The lowest BCUT2D eigenvalue weighted by molar-refractivity contribution is -0.137. The van der Waals surface area contributed by atoms with E-state index in [0.717, 1.165) is 17.5 Å². The molecule has 0 heterocycles. The summed E-state index contributed by atoms with van der Waals surface area (Å²) in [4.78, 5) is 25.2. The molecule has 0 amide bonds. The fourth-order valence-corrected chi connectivity index (χ4v) is 5.49. The van der Waals surface area contributed by atoms with Crippen LogP contribution in [0.3, 0.4) is 0 Å². The van der Waals surface area contributed by atoms with Gasteiger partial charge in [0, 0.05) is 23.2 Å². The van der Waals surface area contributed by atoms with Gasteiger partial charge in [0.1, 0.15) is 18.4 Å². The number of para-hydroxylation sites is 1. The van der Waals surface area contributed by atoms with E-state index in [1.54, 1.807) is 48.5 Å². The molecule has 5 aromatic rings. The largest absolute Gasteiger partial charge is 0.490 e. The Morgan fingerprint density at radius 2 is 1.51 bits per heavy atom. The molecule has 0 radical (unpaired) electrons. The predicted molar refractivity (Wildman–Crippen MR) is 171 cm³/mol. The maximum atomic E-state index is 13.1. The van der Waals surface area contributed by atoms with E-state index < -0.39 is 12.0 Å². The number of ether oxygens (including phenoxy) is 1. The number of anilines is 1. The van der Waals surface area contributed by atoms with Gasteiger partial charge in [-0.25, -0.2) is 4.79 Å². The average molecular weight is 566 g/mol. The molecule has 1 aliphatic rings. The zero-order valence-corrected chi connectivity index (χ0v) is 23.6. The van der Waals surface area contributed by atoms with Crippen molar-refractivity contribution in [1.82, 2.24) is 0 Å². The number of carbonyl (C=O) groups excluding carboxylic acids is 1. The smallest absolute Gasteiger partial charge is 0.326 e. The van der Waals surface area contributed by atoms with Gasteiger partial charge in [0.2, 0.25) is 0 Å². The van der Waals surface area contributed by atoms with Crippen LogP contribution in [-0.2, 0) is 17.6 Å². The maximum absolute atomic E-state index is 13.1. The van der Waals surface area contributed by atoms with Crippen LogP contribution in [-0.4, -0.2) is 29.5 Å². The Morgan fingerprint density at radius 1 is 0.791 bits per heavy atom. The summed E-state index contributed by atoms with van der Waals surface area (Å²) in [5.41, 5.74) is 8.82. The van der Waals surface area contributed by atoms with Crippen LogP contribution in [0.5, 0.6) is 5.75 Å². The van der Waals surface area contributed by atoms with Crippen molar-refractivity contribution < 1.29 is 19.4 Å². The van der Waals surface area contributed by atoms with Crippen molar-refractivity contribution >= 4 is 23.5 Å². The fraction of sp³-hybridized carbons (Fsp3) is 0.105. The Labute approximate surface area is 251 Å². The summed E-state index contributed by atoms with van der Waals surface area (Å²) in [6, 6.07) is 37.6. The molecule has 5 heteroatoms. The molecule has 1 atom stereocenters. The van der Waals surface area contributed by atoms with Gasteiger partial charge in [0.15, 0.2) is 5.78 Å². The molecule has 0 bridgehead atoms. The summed E-state index contributed by atoms with van der Waals surface area (Å²) in [5.74, 6) is -0.454. The number of nitrogens with one attached hydrogen (secondary N) is 1. The van der Waals surface area contributed by atoms with Crippen molar-refractivity contribution in [2.75, 3.05) is 11.9 Å². The molecule has 2 N–H and O–H groups in total. The van der Waals surface area contributed by atoms with Crippen molar-refractivity contribution in [1.29, 1.82) is 0 Å². The number of carbonyl (C=O) groups is 2. The third-order valence-corrected chi connectivity index (χ3v) is 7.67. The highest BCUT2D eigenvalue weighted by molar-refractivity contribution is 6.12. The molecule has 0 spiro atoms. The summed E-state index contributed by atoms with van der Waals surface area (Å²) in [6.45, 7) is 0.419. The van der Waals surface area contributed by atoms with Crippen LogP contribution in [0.4, 0.5) is 5.69 Å². The lowest BCUT2D eigenvalue weighted by Gasteiger charge is -2.18. The quantitative estimate of drug-likeness (QED) is 0.158. The minimum absolute atomic E-state index is 0.162. The molecule has 212 valence electrons. The van der Waals surface area contributed by atoms with Gasteiger partial charge in [0.05, 0.1) is 0 Å². The van der Waals surface area contributed by atoms with E-state index in [2.05, 4.69) is 53.9 Å². The summed E-state index contributed by atoms with van der Waals surface area (Å²) in [7, 11) is 0. The molecule has 0 aliphatic heterocycles. The van der Waals surface area contributed by atoms with Crippen molar-refractivity contribution in [2.24, 2.45) is 0 Å². The second-order valence-electron chi connectivity index (χ2n) is 10.6. The zero-order chi connectivity index (χ0) is 29.6. The van der Waals surface area contributed by atoms with Crippen LogP contribution in [0.1, 0.15) is 38.2 Å². The highest BCUT2D eigenvalue weighted by atomic mass is 16.5. The normalized spacial score (nSPS) is 12.4. The van der Waals surface area contributed by atoms with Gasteiger partial charge >= 0.3 is 5.97 Å². The molecule has 0 fully saturated rings. The monoisotopic (exact) mass is 565 g/mol. The summed E-state index contributed by atoms with van der Waals surface area (Å²) in [6.07, 6.45) is 5.27. The fourth-order valence-electron chi connectivity index (χ4n) is 5.49. The van der Waals surface area contributed by atoms with E-state index in [9.17, 15) is 14.7 Å². The number of ketones is 1. The van der Waals surface area contributed by atoms with Gasteiger partial charge in [0.25, 0.3) is 0 Å². The molecular formula is C38H31NO4. The maximum Gasteiger partial charge on any atom is 0.326 e. The Balaban J connectivity index is 1.05. The number of carboxylic acids is 1. The standard InChI is InChI=1S/C38H31NO4/c40-37(28-10-2-1-3-11-28)34-14-6-7-15-35(34)39-36(38(41)42)24-27-16-19-31(20-17-27)43-22-8-9-26-18-21-33-30(23-26)25-29-12-4-5-13-32(29)33/h1-21,23,36,39H,22,24-25H2,(H,41,42)/b9-8+. The van der Waals surface area contributed by atoms with Gasteiger partial charge in [-0.05, 0) is 70.1 Å². The van der Waals surface area contributed by atoms with Crippen LogP contribution in [0, 0.1) is 0 Å². The first-order valence-corrected chi connectivity index (χ1v) is 14.3. The van der Waals surface area contributed by atoms with E-state index in [0.29, 0.717) is 29.2 Å². The number of fused-ring (bicyclic) bond motifs is 3. The lowest BCUT2D eigenvalue weighted by Crippen LogP contribution is -2.32. The Morgan fingerprint density at radius 3 is 2.33 bits per heavy atom. The van der Waals surface area contributed by atoms with E-state index in [1.807, 2.05) is 36.4 Å². The predicted octanol–water partition coefficient (Wildman–Crippen LogP) is 7.69. The SMILES string of the molecule is O=C(c1ccccc1)c1ccccc1NC(Cc1ccc(OC/C=C/c2ccc3c(c2)Cc2ccccc2-3)cc1)C(=O)O. The highest BCUT2D eigenvalue weighted by Gasteiger charge is 2.21. The molecule has 43 heavy (non-hydrogen) atoms. The van der Waals surface area contributed by atoms with Crippen LogP contribution in [0.2, 0.25) is 0 Å². The second kappa shape index (κ2) is 12.6. The van der Waals surface area contributed by atoms with Crippen LogP contribution >= 0.6 is 0 Å². The van der Waals surface area contributed by atoms with E-state index in [1.165, 1.54) is 22.3 Å². The first kappa shape index (κ1) is 27.7. The molecule has 0 aromatic heterocycles. The first-order chi connectivity index (χ1) is 21.0. The van der Waals surface area contributed by atoms with Crippen molar-refractivity contribution in [3.05, 3.63) is 161 Å². The zero-order valence-electron chi connectivity index (χ0n) is 23.6. The summed E-state index contributed by atoms with van der Waals surface area (Å²) >= 11 is 0. The average Bonchev–Trinajstić information content (AvgIpc) is 3.41. The van der Waals surface area contributed by atoms with Crippen molar-refractivity contribution in [3.63, 3.8) is 0 Å². The van der Waals surface area contributed by atoms with Gasteiger partial charge in [-0.3, -0.25) is 4.79 Å². The molecule has 5 nitrogen and oxygen atoms in total. The number of rotatable bonds is 11. The number of hydrogen-bond acceptors (Lipinski definition) is 4. The molecule has 0 saturated carbocycles. The van der Waals surface area contributed by atoms with Crippen LogP contribution in [0.15, 0.2) is 127 Å². The lowest BCUT2D eigenvalue weighted by atomic mass is 10.00. The van der Waals surface area contributed by atoms with Gasteiger partial charge < -0.3 is 15.2 Å². The summed E-state index contributed by atoms with van der Waals surface area (Å²) < 4.78 is 5.90. The molecule has 1 unspecified atom stereocenters. The van der Waals surface area contributed by atoms with E-state index >= 15 is 0 Å². The van der Waals surface area contributed by atoms with E-state index in [4.69, 9.17) is 4.74 Å². The molecule has 5 aromatic carbocycles. The van der Waals surface area contributed by atoms with Gasteiger partial charge in [-0.1, -0.05) is 103 Å². The van der Waals surface area contributed by atoms with Gasteiger partial charge in [-0.2, -0.15) is 0 Å². The third-order valence-electron chi connectivity index (χ3n) is 7.67. The number of carboxylic acid groups (broad SMARTS) is 1. The Bertz CT molecular complexity index is 1790. The molecule has 1 aliphatic carbocycles. The first-order valence-electron chi connectivity index (χ1n) is 14.3. The minimum atomic E-state index is -0.997. The van der Waals surface area contributed by atoms with E-state index in [-0.39, 0.29) is 12.2 Å². The van der Waals surface area contributed by atoms with Crippen LogP contribution in [0.25, 0.3) is 17.2 Å². The minimum Gasteiger partial charge on any atom is -0.490 e. The van der Waals surface area contributed by atoms with Crippen molar-refractivity contribution in [2.45, 2.75) is 18.9 Å². The second-order valence-corrected chi connectivity index (χ2v) is 10.6. The molecule has 0 saturated heterocycles. The Hall–Kier alpha value is -5.42. The Kier molecular flexibility index (Phi) is 8.14.